The summed E-state index contributed by atoms with van der Waals surface area (Å²) in [6, 6.07) is -2.09. The molecular formula is C16H28N2O6S2. The second-order valence-corrected chi connectivity index (χ2v) is 9.23. The van der Waals surface area contributed by atoms with Gasteiger partial charge in [-0.1, -0.05) is 49.3 Å². The molecule has 4 N–H and O–H groups in total. The van der Waals surface area contributed by atoms with Crippen LogP contribution in [0.15, 0.2) is 0 Å². The van der Waals surface area contributed by atoms with Crippen molar-refractivity contribution in [2.75, 3.05) is 11.5 Å². The van der Waals surface area contributed by atoms with Gasteiger partial charge in [-0.2, -0.15) is 0 Å². The second-order valence-electron chi connectivity index (χ2n) is 6.68. The average molecular weight is 409 g/mol. The third-order valence-corrected chi connectivity index (χ3v) is 5.43. The number of nitrogens with one attached hydrogen (secondary N) is 2. The molecule has 0 bridgehead atoms. The van der Waals surface area contributed by atoms with Gasteiger partial charge >= 0.3 is 11.9 Å². The van der Waals surface area contributed by atoms with Crippen molar-refractivity contribution in [3.05, 3.63) is 0 Å². The van der Waals surface area contributed by atoms with E-state index in [0.717, 1.165) is 21.6 Å². The van der Waals surface area contributed by atoms with Gasteiger partial charge in [0.2, 0.25) is 11.8 Å². The van der Waals surface area contributed by atoms with Crippen LogP contribution >= 0.6 is 21.6 Å². The van der Waals surface area contributed by atoms with Crippen molar-refractivity contribution in [2.24, 2.45) is 11.8 Å². The molecule has 0 aliphatic rings. The predicted molar refractivity (Wildman–Crippen MR) is 103 cm³/mol. The van der Waals surface area contributed by atoms with Crippen molar-refractivity contribution in [3.63, 3.8) is 0 Å². The number of carbonyl (C=O) groups excluding carboxylic acids is 2. The van der Waals surface area contributed by atoms with E-state index in [9.17, 15) is 19.2 Å². The molecule has 150 valence electrons. The fraction of sp³-hybridized carbons (Fsp3) is 0.750. The Morgan fingerprint density at radius 2 is 1.04 bits per heavy atom. The van der Waals surface area contributed by atoms with Gasteiger partial charge in [0.05, 0.1) is 0 Å². The van der Waals surface area contributed by atoms with Crippen molar-refractivity contribution in [1.82, 2.24) is 10.6 Å². The summed E-state index contributed by atoms with van der Waals surface area (Å²) in [4.78, 5) is 45.8. The lowest BCUT2D eigenvalue weighted by Gasteiger charge is -2.17. The fourth-order valence-electron chi connectivity index (χ4n) is 1.83. The van der Waals surface area contributed by atoms with E-state index in [4.69, 9.17) is 10.2 Å². The number of carboxylic acids is 2. The summed E-state index contributed by atoms with van der Waals surface area (Å²) in [6.45, 7) is 7.44. The van der Waals surface area contributed by atoms with Gasteiger partial charge in [0.25, 0.3) is 0 Å². The third kappa shape index (κ3) is 12.0. The summed E-state index contributed by atoms with van der Waals surface area (Å²) in [5.74, 6) is -2.52. The Hall–Kier alpha value is -1.42. The lowest BCUT2D eigenvalue weighted by molar-refractivity contribution is -0.141. The highest BCUT2D eigenvalue weighted by Crippen LogP contribution is 2.23. The molecule has 0 aromatic heterocycles. The van der Waals surface area contributed by atoms with E-state index >= 15 is 0 Å². The summed E-state index contributed by atoms with van der Waals surface area (Å²) >= 11 is 0. The Morgan fingerprint density at radius 1 is 0.731 bits per heavy atom. The van der Waals surface area contributed by atoms with Gasteiger partial charge in [0, 0.05) is 24.3 Å². The van der Waals surface area contributed by atoms with Crippen LogP contribution in [0.25, 0.3) is 0 Å². The normalized spacial score (nSPS) is 13.3. The second kappa shape index (κ2) is 12.9. The van der Waals surface area contributed by atoms with E-state index in [0.29, 0.717) is 0 Å². The summed E-state index contributed by atoms with van der Waals surface area (Å²) in [7, 11) is 2.29. The molecular weight excluding hydrogens is 380 g/mol. The Morgan fingerprint density at radius 3 is 1.27 bits per heavy atom. The van der Waals surface area contributed by atoms with Crippen LogP contribution < -0.4 is 10.6 Å². The Labute approximate surface area is 161 Å². The summed E-state index contributed by atoms with van der Waals surface area (Å²) in [5.41, 5.74) is 0. The molecule has 0 rings (SSSR count). The molecule has 8 nitrogen and oxygen atoms in total. The molecule has 0 saturated heterocycles. The number of hydrogen-bond acceptors (Lipinski definition) is 6. The van der Waals surface area contributed by atoms with E-state index in [1.807, 2.05) is 27.7 Å². The van der Waals surface area contributed by atoms with Crippen LogP contribution in [-0.2, 0) is 19.2 Å². The molecule has 0 fully saturated rings. The van der Waals surface area contributed by atoms with Crippen molar-refractivity contribution in [2.45, 2.75) is 52.6 Å². The van der Waals surface area contributed by atoms with Crippen molar-refractivity contribution in [3.8, 4) is 0 Å². The Kier molecular flexibility index (Phi) is 12.2. The molecule has 0 aliphatic carbocycles. The Bertz CT molecular complexity index is 455. The highest BCUT2D eigenvalue weighted by atomic mass is 33.1. The van der Waals surface area contributed by atoms with Gasteiger partial charge in [0.15, 0.2) is 0 Å². The van der Waals surface area contributed by atoms with Gasteiger partial charge in [-0.05, 0) is 11.8 Å². The summed E-state index contributed by atoms with van der Waals surface area (Å²) in [5, 5.41) is 23.2. The maximum absolute atomic E-state index is 11.7. The van der Waals surface area contributed by atoms with Gasteiger partial charge in [-0.15, -0.1) is 0 Å². The SMILES string of the molecule is CC(C)CC(=O)NC(CSSC[C@H](NC(=O)CC(C)C)C(=O)O)C(=O)O. The van der Waals surface area contributed by atoms with Gasteiger partial charge in [-0.25, -0.2) is 9.59 Å². The first-order valence-corrected chi connectivity index (χ1v) is 10.8. The lowest BCUT2D eigenvalue weighted by Crippen LogP contribution is -2.43. The minimum atomic E-state index is -1.14. The molecule has 1 unspecified atom stereocenters. The van der Waals surface area contributed by atoms with E-state index in [-0.39, 0.29) is 48.0 Å². The van der Waals surface area contributed by atoms with Crippen molar-refractivity contribution in [1.29, 1.82) is 0 Å². The largest absolute Gasteiger partial charge is 0.480 e. The van der Waals surface area contributed by atoms with E-state index in [1.54, 1.807) is 0 Å². The quantitative estimate of drug-likeness (QED) is 0.267. The molecule has 0 aromatic carbocycles. The molecule has 2 amide bonds. The number of rotatable bonds is 13. The van der Waals surface area contributed by atoms with Crippen LogP contribution in [-0.4, -0.2) is 57.6 Å². The Balaban J connectivity index is 4.38. The van der Waals surface area contributed by atoms with E-state index in [1.165, 1.54) is 0 Å². The number of amides is 2. The third-order valence-electron chi connectivity index (χ3n) is 3.01. The predicted octanol–water partition coefficient (Wildman–Crippen LogP) is 1.60. The van der Waals surface area contributed by atoms with Gasteiger partial charge in [-0.3, -0.25) is 9.59 Å². The monoisotopic (exact) mass is 408 g/mol. The number of carboxylic acid groups (broad SMARTS) is 2. The molecule has 0 aromatic rings. The highest BCUT2D eigenvalue weighted by Gasteiger charge is 2.23. The summed E-state index contributed by atoms with van der Waals surface area (Å²) in [6.07, 6.45) is 0.481. The topological polar surface area (TPSA) is 133 Å². The van der Waals surface area contributed by atoms with E-state index < -0.39 is 24.0 Å². The van der Waals surface area contributed by atoms with Crippen LogP contribution in [0.5, 0.6) is 0 Å². The fourth-order valence-corrected chi connectivity index (χ4v) is 4.14. The van der Waals surface area contributed by atoms with Crippen molar-refractivity contribution < 1.29 is 29.4 Å². The molecule has 0 saturated carbocycles. The average Bonchev–Trinajstić information content (AvgIpc) is 2.46. The number of carbonyl (C=O) groups is 4. The van der Waals surface area contributed by atoms with E-state index in [2.05, 4.69) is 10.6 Å². The first kappa shape index (κ1) is 24.6. The summed E-state index contributed by atoms with van der Waals surface area (Å²) < 4.78 is 0. The first-order chi connectivity index (χ1) is 12.0. The number of hydrogen-bond donors (Lipinski definition) is 4. The number of aliphatic carboxylic acids is 2. The van der Waals surface area contributed by atoms with Crippen LogP contribution in [0.4, 0.5) is 0 Å². The zero-order chi connectivity index (χ0) is 20.3. The van der Waals surface area contributed by atoms with Crippen LogP contribution in [0.2, 0.25) is 0 Å². The zero-order valence-electron chi connectivity index (χ0n) is 15.5. The minimum absolute atomic E-state index is 0.0934. The smallest absolute Gasteiger partial charge is 0.327 e. The maximum Gasteiger partial charge on any atom is 0.327 e. The molecule has 0 aliphatic heterocycles. The zero-order valence-corrected chi connectivity index (χ0v) is 17.1. The molecule has 0 radical (unpaired) electrons. The van der Waals surface area contributed by atoms with Crippen LogP contribution in [0, 0.1) is 11.8 Å². The minimum Gasteiger partial charge on any atom is -0.480 e. The molecule has 10 heteroatoms. The van der Waals surface area contributed by atoms with Crippen LogP contribution in [0.3, 0.4) is 0 Å². The maximum atomic E-state index is 11.7. The molecule has 2 atom stereocenters. The van der Waals surface area contributed by atoms with Crippen molar-refractivity contribution >= 4 is 45.3 Å². The highest BCUT2D eigenvalue weighted by molar-refractivity contribution is 8.76. The standard InChI is InChI=1S/C16H28N2O6S2/c1-9(2)5-13(19)17-11(15(21)22)7-25-26-8-12(16(23)24)18-14(20)6-10(3)4/h9-12H,5-8H2,1-4H3,(H,17,19)(H,18,20)(H,21,22)(H,23,24)/t11-,12?/m0/s1. The van der Waals surface area contributed by atoms with Gasteiger partial charge < -0.3 is 20.8 Å². The molecule has 0 heterocycles. The molecule has 0 spiro atoms. The first-order valence-electron chi connectivity index (χ1n) is 8.31. The van der Waals surface area contributed by atoms with Gasteiger partial charge in [0.1, 0.15) is 12.1 Å². The lowest BCUT2D eigenvalue weighted by atomic mass is 10.1. The molecule has 26 heavy (non-hydrogen) atoms. The van der Waals surface area contributed by atoms with Crippen LogP contribution in [0.1, 0.15) is 40.5 Å².